The summed E-state index contributed by atoms with van der Waals surface area (Å²) in [7, 11) is 0. The highest BCUT2D eigenvalue weighted by molar-refractivity contribution is 5.32. The van der Waals surface area contributed by atoms with E-state index in [-0.39, 0.29) is 6.73 Å². The molecule has 3 heteroatoms. The number of para-hydroxylation sites is 1. The number of benzene rings is 1. The molecule has 1 rings (SSSR count). The summed E-state index contributed by atoms with van der Waals surface area (Å²) in [4.78, 5) is 0. The Hall–Kier alpha value is -1.06. The van der Waals surface area contributed by atoms with Gasteiger partial charge in [-0.25, -0.2) is 0 Å². The third-order valence-electron chi connectivity index (χ3n) is 1.43. The van der Waals surface area contributed by atoms with Gasteiger partial charge < -0.3 is 10.5 Å². The SMILES string of the molecule is NCOc1ccccc1CN. The topological polar surface area (TPSA) is 61.3 Å². The zero-order valence-electron chi connectivity index (χ0n) is 6.29. The second kappa shape index (κ2) is 3.95. The second-order valence-electron chi connectivity index (χ2n) is 2.12. The summed E-state index contributed by atoms with van der Waals surface area (Å²) >= 11 is 0. The van der Waals surface area contributed by atoms with Crippen molar-refractivity contribution in [1.29, 1.82) is 0 Å². The van der Waals surface area contributed by atoms with Crippen LogP contribution in [0, 0.1) is 0 Å². The van der Waals surface area contributed by atoms with Crippen LogP contribution >= 0.6 is 0 Å². The molecule has 0 spiro atoms. The summed E-state index contributed by atoms with van der Waals surface area (Å²) in [6.07, 6.45) is 0. The molecular weight excluding hydrogens is 140 g/mol. The van der Waals surface area contributed by atoms with Gasteiger partial charge in [-0.15, -0.1) is 0 Å². The Balaban J connectivity index is 2.83. The molecule has 0 atom stereocenters. The molecule has 60 valence electrons. The van der Waals surface area contributed by atoms with Crippen LogP contribution in [-0.2, 0) is 6.54 Å². The van der Waals surface area contributed by atoms with Gasteiger partial charge in [0.1, 0.15) is 12.5 Å². The summed E-state index contributed by atoms with van der Waals surface area (Å²) in [6.45, 7) is 0.674. The van der Waals surface area contributed by atoms with Crippen LogP contribution in [0.4, 0.5) is 0 Å². The van der Waals surface area contributed by atoms with Gasteiger partial charge in [0.2, 0.25) is 0 Å². The molecule has 0 aromatic heterocycles. The Morgan fingerprint density at radius 1 is 1.18 bits per heavy atom. The lowest BCUT2D eigenvalue weighted by Crippen LogP contribution is -2.09. The lowest BCUT2D eigenvalue weighted by molar-refractivity contribution is 0.326. The zero-order chi connectivity index (χ0) is 8.10. The van der Waals surface area contributed by atoms with E-state index in [1.165, 1.54) is 0 Å². The lowest BCUT2D eigenvalue weighted by atomic mass is 10.2. The van der Waals surface area contributed by atoms with Crippen LogP contribution in [0.3, 0.4) is 0 Å². The fourth-order valence-corrected chi connectivity index (χ4v) is 0.903. The summed E-state index contributed by atoms with van der Waals surface area (Å²) in [5.41, 5.74) is 11.7. The van der Waals surface area contributed by atoms with Crippen molar-refractivity contribution in [1.82, 2.24) is 0 Å². The van der Waals surface area contributed by atoms with E-state index < -0.39 is 0 Å². The Morgan fingerprint density at radius 3 is 2.55 bits per heavy atom. The van der Waals surface area contributed by atoms with Gasteiger partial charge in [-0.1, -0.05) is 18.2 Å². The van der Waals surface area contributed by atoms with E-state index in [0.29, 0.717) is 6.54 Å². The van der Waals surface area contributed by atoms with E-state index in [2.05, 4.69) is 0 Å². The zero-order valence-corrected chi connectivity index (χ0v) is 6.29. The molecule has 0 bridgehead atoms. The van der Waals surface area contributed by atoms with Gasteiger partial charge in [-0.05, 0) is 6.07 Å². The van der Waals surface area contributed by atoms with E-state index in [9.17, 15) is 0 Å². The molecule has 11 heavy (non-hydrogen) atoms. The fourth-order valence-electron chi connectivity index (χ4n) is 0.903. The van der Waals surface area contributed by atoms with Gasteiger partial charge in [0, 0.05) is 12.1 Å². The number of ether oxygens (including phenoxy) is 1. The Kier molecular flexibility index (Phi) is 2.89. The molecule has 0 heterocycles. The molecule has 0 saturated heterocycles. The fraction of sp³-hybridized carbons (Fsp3) is 0.250. The second-order valence-corrected chi connectivity index (χ2v) is 2.12. The highest BCUT2D eigenvalue weighted by Crippen LogP contribution is 2.15. The van der Waals surface area contributed by atoms with Crippen molar-refractivity contribution in [3.8, 4) is 5.75 Å². The molecule has 0 saturated carbocycles. The third-order valence-corrected chi connectivity index (χ3v) is 1.43. The molecule has 1 aromatic carbocycles. The van der Waals surface area contributed by atoms with Crippen LogP contribution in [0.5, 0.6) is 5.75 Å². The minimum Gasteiger partial charge on any atom is -0.478 e. The van der Waals surface area contributed by atoms with Crippen LogP contribution in [0.2, 0.25) is 0 Å². The number of hydrogen-bond acceptors (Lipinski definition) is 3. The quantitative estimate of drug-likeness (QED) is 0.618. The highest BCUT2D eigenvalue weighted by atomic mass is 16.5. The van der Waals surface area contributed by atoms with Gasteiger partial charge >= 0.3 is 0 Å². The normalized spacial score (nSPS) is 9.64. The molecule has 4 N–H and O–H groups in total. The van der Waals surface area contributed by atoms with Gasteiger partial charge in [-0.3, -0.25) is 5.73 Å². The summed E-state index contributed by atoms with van der Waals surface area (Å²) < 4.78 is 5.13. The maximum absolute atomic E-state index is 5.46. The van der Waals surface area contributed by atoms with Crippen LogP contribution in [-0.4, -0.2) is 6.73 Å². The Morgan fingerprint density at radius 2 is 1.91 bits per heavy atom. The number of hydrogen-bond donors (Lipinski definition) is 2. The molecule has 1 aromatic rings. The smallest absolute Gasteiger partial charge is 0.137 e. The maximum atomic E-state index is 5.46. The molecule has 0 radical (unpaired) electrons. The highest BCUT2D eigenvalue weighted by Gasteiger charge is 1.97. The molecule has 0 aliphatic rings. The Bertz CT molecular complexity index is 225. The summed E-state index contributed by atoms with van der Waals surface area (Å²) in [6, 6.07) is 7.59. The standard InChI is InChI=1S/C8H12N2O/c9-5-7-3-1-2-4-8(7)11-6-10/h1-4H,5-6,9-10H2. The molecule has 3 nitrogen and oxygen atoms in total. The number of nitrogens with two attached hydrogens (primary N) is 2. The van der Waals surface area contributed by atoms with E-state index in [1.807, 2.05) is 24.3 Å². The molecule has 0 aliphatic heterocycles. The average Bonchev–Trinajstić information content (AvgIpc) is 2.06. The largest absolute Gasteiger partial charge is 0.478 e. The van der Waals surface area contributed by atoms with Crippen molar-refractivity contribution >= 4 is 0 Å². The van der Waals surface area contributed by atoms with Crippen LogP contribution < -0.4 is 16.2 Å². The van der Waals surface area contributed by atoms with E-state index >= 15 is 0 Å². The monoisotopic (exact) mass is 152 g/mol. The third kappa shape index (κ3) is 1.93. The maximum Gasteiger partial charge on any atom is 0.137 e. The Labute approximate surface area is 66.0 Å². The molecule has 0 unspecified atom stereocenters. The summed E-state index contributed by atoms with van der Waals surface area (Å²) in [5, 5.41) is 0. The molecule has 0 amide bonds. The minimum atomic E-state index is 0.191. The predicted octanol–water partition coefficient (Wildman–Crippen LogP) is 0.440. The summed E-state index contributed by atoms with van der Waals surface area (Å²) in [5.74, 6) is 0.775. The van der Waals surface area contributed by atoms with Crippen LogP contribution in [0.25, 0.3) is 0 Å². The van der Waals surface area contributed by atoms with Gasteiger partial charge in [0.15, 0.2) is 0 Å². The van der Waals surface area contributed by atoms with Crippen molar-refractivity contribution in [3.63, 3.8) is 0 Å². The van der Waals surface area contributed by atoms with Crippen molar-refractivity contribution in [3.05, 3.63) is 29.8 Å². The number of rotatable bonds is 3. The average molecular weight is 152 g/mol. The van der Waals surface area contributed by atoms with Crippen molar-refractivity contribution in [2.45, 2.75) is 6.54 Å². The first-order valence-corrected chi connectivity index (χ1v) is 3.49. The minimum absolute atomic E-state index is 0.191. The molecular formula is C8H12N2O. The van der Waals surface area contributed by atoms with Gasteiger partial charge in [-0.2, -0.15) is 0 Å². The van der Waals surface area contributed by atoms with Crippen molar-refractivity contribution < 1.29 is 4.74 Å². The van der Waals surface area contributed by atoms with Gasteiger partial charge in [0.25, 0.3) is 0 Å². The van der Waals surface area contributed by atoms with Crippen LogP contribution in [0.15, 0.2) is 24.3 Å². The molecule has 0 aliphatic carbocycles. The lowest BCUT2D eigenvalue weighted by Gasteiger charge is -2.06. The van der Waals surface area contributed by atoms with Crippen molar-refractivity contribution in [2.75, 3.05) is 6.73 Å². The first-order chi connectivity index (χ1) is 5.38. The molecule has 0 fully saturated rings. The first-order valence-electron chi connectivity index (χ1n) is 3.49. The van der Waals surface area contributed by atoms with E-state index in [4.69, 9.17) is 16.2 Å². The van der Waals surface area contributed by atoms with E-state index in [1.54, 1.807) is 0 Å². The van der Waals surface area contributed by atoms with Gasteiger partial charge in [0.05, 0.1) is 0 Å². The van der Waals surface area contributed by atoms with Crippen LogP contribution in [0.1, 0.15) is 5.56 Å². The van der Waals surface area contributed by atoms with Crippen molar-refractivity contribution in [2.24, 2.45) is 11.5 Å². The van der Waals surface area contributed by atoms with E-state index in [0.717, 1.165) is 11.3 Å². The first kappa shape index (κ1) is 8.04. The predicted molar refractivity (Wildman–Crippen MR) is 44.0 cm³/mol.